The highest BCUT2D eigenvalue weighted by Crippen LogP contribution is 2.32. The number of carbonyl (C=O) groups is 1. The summed E-state index contributed by atoms with van der Waals surface area (Å²) >= 11 is 0. The fourth-order valence-electron chi connectivity index (χ4n) is 2.35. The van der Waals surface area contributed by atoms with Crippen LogP contribution in [0, 0.1) is 0 Å². The minimum atomic E-state index is -0.296. The van der Waals surface area contributed by atoms with Crippen LogP contribution in [-0.4, -0.2) is 31.9 Å². The average Bonchev–Trinajstić information content (AvgIpc) is 2.65. The summed E-state index contributed by atoms with van der Waals surface area (Å²) in [7, 11) is 0. The summed E-state index contributed by atoms with van der Waals surface area (Å²) in [6, 6.07) is 13.2. The summed E-state index contributed by atoms with van der Waals surface area (Å²) in [5.41, 5.74) is 2.80. The highest BCUT2D eigenvalue weighted by atomic mass is 16.6. The highest BCUT2D eigenvalue weighted by Gasteiger charge is 2.12. The van der Waals surface area contributed by atoms with Crippen LogP contribution in [0.25, 0.3) is 0 Å². The van der Waals surface area contributed by atoms with Gasteiger partial charge < -0.3 is 19.6 Å². The number of hydrogen-bond donors (Lipinski definition) is 1. The summed E-state index contributed by atoms with van der Waals surface area (Å²) in [5, 5.41) is 6.55. The number of rotatable bonds is 6. The van der Waals surface area contributed by atoms with Crippen molar-refractivity contribution in [2.24, 2.45) is 5.16 Å². The lowest BCUT2D eigenvalue weighted by Crippen LogP contribution is -2.18. The fraction of sp³-hybridized carbons (Fsp3) is 0.263. The fourth-order valence-corrected chi connectivity index (χ4v) is 2.35. The van der Waals surface area contributed by atoms with Crippen molar-refractivity contribution in [3.63, 3.8) is 0 Å². The summed E-state index contributed by atoms with van der Waals surface area (Å²) < 4.78 is 10.9. The molecule has 0 aliphatic carbocycles. The van der Waals surface area contributed by atoms with Crippen molar-refractivity contribution in [3.8, 4) is 11.5 Å². The second kappa shape index (κ2) is 8.19. The van der Waals surface area contributed by atoms with Crippen LogP contribution in [0.2, 0.25) is 0 Å². The van der Waals surface area contributed by atoms with Gasteiger partial charge in [0.05, 0.1) is 6.21 Å². The molecule has 0 aromatic heterocycles. The van der Waals surface area contributed by atoms with E-state index in [2.05, 4.69) is 17.4 Å². The Balaban J connectivity index is 1.47. The van der Waals surface area contributed by atoms with Gasteiger partial charge in [-0.05, 0) is 29.7 Å². The second-order valence-corrected chi connectivity index (χ2v) is 5.51. The largest absolute Gasteiger partial charge is 0.486 e. The molecular weight excluding hydrogens is 320 g/mol. The molecule has 0 saturated heterocycles. The van der Waals surface area contributed by atoms with E-state index < -0.39 is 0 Å². The molecule has 0 radical (unpaired) electrons. The van der Waals surface area contributed by atoms with Crippen LogP contribution < -0.4 is 14.8 Å². The van der Waals surface area contributed by atoms with Gasteiger partial charge in [0.1, 0.15) is 13.2 Å². The molecule has 6 nitrogen and oxygen atoms in total. The molecule has 0 atom stereocenters. The summed E-state index contributed by atoms with van der Waals surface area (Å²) in [5.74, 6) is 1.01. The van der Waals surface area contributed by atoms with Crippen molar-refractivity contribution in [3.05, 3.63) is 53.6 Å². The minimum Gasteiger partial charge on any atom is -0.486 e. The standard InChI is InChI=1S/C19H20N2O4/c1-2-14-3-5-15(6-4-14)12-20-25-13-19(22)21-16-7-8-17-18(11-16)24-10-9-23-17/h3-8,11-12H,2,9-10,13H2,1H3,(H,21,22)/b20-12-. The Morgan fingerprint density at radius 2 is 1.92 bits per heavy atom. The molecule has 1 aliphatic heterocycles. The molecule has 2 aromatic rings. The van der Waals surface area contributed by atoms with Gasteiger partial charge >= 0.3 is 0 Å². The van der Waals surface area contributed by atoms with Crippen molar-refractivity contribution < 1.29 is 19.1 Å². The summed E-state index contributed by atoms with van der Waals surface area (Å²) in [6.07, 6.45) is 2.57. The van der Waals surface area contributed by atoms with Gasteiger partial charge in [0.2, 0.25) is 0 Å². The highest BCUT2D eigenvalue weighted by molar-refractivity contribution is 5.92. The van der Waals surface area contributed by atoms with Crippen LogP contribution in [-0.2, 0) is 16.1 Å². The first kappa shape index (κ1) is 16.8. The number of benzene rings is 2. The maximum absolute atomic E-state index is 11.9. The lowest BCUT2D eigenvalue weighted by Gasteiger charge is -2.18. The topological polar surface area (TPSA) is 69.2 Å². The zero-order valence-electron chi connectivity index (χ0n) is 14.0. The molecule has 0 unspecified atom stereocenters. The molecule has 0 saturated carbocycles. The number of amides is 1. The van der Waals surface area contributed by atoms with Crippen LogP contribution in [0.5, 0.6) is 11.5 Å². The van der Waals surface area contributed by atoms with Gasteiger partial charge in [-0.2, -0.15) is 0 Å². The van der Waals surface area contributed by atoms with Crippen LogP contribution >= 0.6 is 0 Å². The molecular formula is C19H20N2O4. The van der Waals surface area contributed by atoms with Gasteiger partial charge in [0.25, 0.3) is 5.91 Å². The first-order valence-corrected chi connectivity index (χ1v) is 8.18. The predicted octanol–water partition coefficient (Wildman–Crippen LogP) is 3.01. The lowest BCUT2D eigenvalue weighted by molar-refractivity contribution is -0.120. The molecule has 1 amide bonds. The Morgan fingerprint density at radius 3 is 2.68 bits per heavy atom. The normalized spacial score (nSPS) is 12.8. The Hall–Kier alpha value is -3.02. The van der Waals surface area contributed by atoms with Crippen LogP contribution in [0.4, 0.5) is 5.69 Å². The van der Waals surface area contributed by atoms with Gasteiger partial charge in [-0.1, -0.05) is 36.3 Å². The van der Waals surface area contributed by atoms with E-state index in [1.807, 2.05) is 24.3 Å². The maximum atomic E-state index is 11.9. The van der Waals surface area contributed by atoms with E-state index in [0.29, 0.717) is 30.4 Å². The monoisotopic (exact) mass is 340 g/mol. The molecule has 0 bridgehead atoms. The number of anilines is 1. The van der Waals surface area contributed by atoms with Gasteiger partial charge in [-0.3, -0.25) is 4.79 Å². The van der Waals surface area contributed by atoms with E-state index in [1.54, 1.807) is 24.4 Å². The Labute approximate surface area is 146 Å². The van der Waals surface area contributed by atoms with E-state index in [0.717, 1.165) is 12.0 Å². The SMILES string of the molecule is CCc1ccc(/C=N\OCC(=O)Nc2ccc3c(c2)OCCO3)cc1. The number of nitrogens with zero attached hydrogens (tertiary/aromatic N) is 1. The molecule has 6 heteroatoms. The Morgan fingerprint density at radius 1 is 1.16 bits per heavy atom. The molecule has 130 valence electrons. The zero-order valence-corrected chi connectivity index (χ0v) is 14.0. The predicted molar refractivity (Wildman–Crippen MR) is 95.4 cm³/mol. The maximum Gasteiger partial charge on any atom is 0.265 e. The molecule has 0 fully saturated rings. The summed E-state index contributed by atoms with van der Waals surface area (Å²) in [6.45, 7) is 2.97. The first-order chi connectivity index (χ1) is 12.2. The van der Waals surface area contributed by atoms with E-state index in [1.165, 1.54) is 5.56 Å². The van der Waals surface area contributed by atoms with Crippen molar-refractivity contribution in [2.75, 3.05) is 25.1 Å². The number of hydrogen-bond acceptors (Lipinski definition) is 5. The van der Waals surface area contributed by atoms with E-state index in [9.17, 15) is 4.79 Å². The molecule has 25 heavy (non-hydrogen) atoms. The Bertz CT molecular complexity index is 757. The van der Waals surface area contributed by atoms with E-state index in [4.69, 9.17) is 14.3 Å². The Kier molecular flexibility index (Phi) is 5.51. The molecule has 1 N–H and O–H groups in total. The number of aryl methyl sites for hydroxylation is 1. The van der Waals surface area contributed by atoms with Gasteiger partial charge in [-0.25, -0.2) is 0 Å². The van der Waals surface area contributed by atoms with Gasteiger partial charge in [0.15, 0.2) is 18.1 Å². The van der Waals surface area contributed by atoms with Gasteiger partial charge in [0, 0.05) is 11.8 Å². The van der Waals surface area contributed by atoms with Crippen molar-refractivity contribution >= 4 is 17.8 Å². The molecule has 1 heterocycles. The van der Waals surface area contributed by atoms with Crippen LogP contribution in [0.1, 0.15) is 18.1 Å². The minimum absolute atomic E-state index is 0.169. The number of carbonyl (C=O) groups excluding carboxylic acids is 1. The third kappa shape index (κ3) is 4.73. The summed E-state index contributed by atoms with van der Waals surface area (Å²) in [4.78, 5) is 16.9. The zero-order chi connectivity index (χ0) is 17.5. The van der Waals surface area contributed by atoms with Crippen molar-refractivity contribution in [1.82, 2.24) is 0 Å². The third-order valence-corrected chi connectivity index (χ3v) is 3.69. The van der Waals surface area contributed by atoms with Crippen molar-refractivity contribution in [2.45, 2.75) is 13.3 Å². The molecule has 3 rings (SSSR count). The number of nitrogens with one attached hydrogen (secondary N) is 1. The second-order valence-electron chi connectivity index (χ2n) is 5.51. The van der Waals surface area contributed by atoms with Crippen LogP contribution in [0.15, 0.2) is 47.6 Å². The van der Waals surface area contributed by atoms with Gasteiger partial charge in [-0.15, -0.1) is 0 Å². The molecule has 2 aromatic carbocycles. The lowest BCUT2D eigenvalue weighted by atomic mass is 10.1. The van der Waals surface area contributed by atoms with E-state index in [-0.39, 0.29) is 12.5 Å². The number of ether oxygens (including phenoxy) is 2. The number of fused-ring (bicyclic) bond motifs is 1. The molecule has 0 spiro atoms. The first-order valence-electron chi connectivity index (χ1n) is 8.18. The van der Waals surface area contributed by atoms with E-state index >= 15 is 0 Å². The molecule has 1 aliphatic rings. The average molecular weight is 340 g/mol. The quantitative estimate of drug-likeness (QED) is 0.648. The third-order valence-electron chi connectivity index (χ3n) is 3.69. The van der Waals surface area contributed by atoms with Crippen molar-refractivity contribution in [1.29, 1.82) is 0 Å². The van der Waals surface area contributed by atoms with Crippen LogP contribution in [0.3, 0.4) is 0 Å². The number of oxime groups is 1. The smallest absolute Gasteiger partial charge is 0.265 e.